The molecule has 1 N–H and O–H groups in total. The van der Waals surface area contributed by atoms with Gasteiger partial charge in [-0.25, -0.2) is 4.39 Å². The molecule has 0 radical (unpaired) electrons. The van der Waals surface area contributed by atoms with Gasteiger partial charge in [-0.15, -0.1) is 0 Å². The summed E-state index contributed by atoms with van der Waals surface area (Å²) in [4.78, 5) is 2.55. The molecule has 122 valence electrons. The van der Waals surface area contributed by atoms with Crippen molar-refractivity contribution in [3.8, 4) is 11.5 Å². The first-order valence-corrected chi connectivity index (χ1v) is 8.59. The zero-order valence-corrected chi connectivity index (χ0v) is 13.4. The highest BCUT2D eigenvalue weighted by atomic mass is 19.1. The van der Waals surface area contributed by atoms with Gasteiger partial charge in [-0.05, 0) is 44.4 Å². The number of hydrogen-bond donors (Lipinski definition) is 1. The minimum atomic E-state index is -0.369. The van der Waals surface area contributed by atoms with Crippen LogP contribution < -0.4 is 4.74 Å². The van der Waals surface area contributed by atoms with E-state index in [-0.39, 0.29) is 23.4 Å². The summed E-state index contributed by atoms with van der Waals surface area (Å²) >= 11 is 0. The molecule has 3 rings (SSSR count). The summed E-state index contributed by atoms with van der Waals surface area (Å²) in [5, 5.41) is 10.1. The van der Waals surface area contributed by atoms with Crippen LogP contribution in [0.1, 0.15) is 51.0 Å². The summed E-state index contributed by atoms with van der Waals surface area (Å²) in [6.45, 7) is 3.76. The van der Waals surface area contributed by atoms with Gasteiger partial charge < -0.3 is 9.84 Å². The third-order valence-electron chi connectivity index (χ3n) is 5.04. The normalized spacial score (nSPS) is 22.4. The lowest BCUT2D eigenvalue weighted by molar-refractivity contribution is 0.0599. The number of phenolic OH excluding ortho intramolecular Hbond substituents is 1. The number of rotatable bonds is 4. The molecule has 22 heavy (non-hydrogen) atoms. The van der Waals surface area contributed by atoms with Crippen LogP contribution in [0.5, 0.6) is 11.5 Å². The fraction of sp³-hybridized carbons (Fsp3) is 0.667. The number of fused-ring (bicyclic) bond motifs is 1. The number of halogens is 1. The van der Waals surface area contributed by atoms with Gasteiger partial charge in [0.25, 0.3) is 0 Å². The van der Waals surface area contributed by atoms with Crippen molar-refractivity contribution in [2.75, 3.05) is 13.2 Å². The Labute approximate surface area is 132 Å². The largest absolute Gasteiger partial charge is 0.508 e. The first-order chi connectivity index (χ1) is 10.7. The van der Waals surface area contributed by atoms with Crippen molar-refractivity contribution in [3.63, 3.8) is 0 Å². The summed E-state index contributed by atoms with van der Waals surface area (Å²) in [6, 6.07) is 3.56. The van der Waals surface area contributed by atoms with Crippen LogP contribution in [0.4, 0.5) is 4.39 Å². The standard InChI is InChI=1S/C18H26FNO2/c1-2-10-20(13-6-4-3-5-7-13)14-11-15-17(21)9-8-16(19)18(15)22-12-14/h8-9,13-14,21H,2-7,10-12H2,1H3. The van der Waals surface area contributed by atoms with E-state index >= 15 is 0 Å². The Morgan fingerprint density at radius 3 is 2.73 bits per heavy atom. The van der Waals surface area contributed by atoms with Gasteiger partial charge in [-0.3, -0.25) is 4.90 Å². The summed E-state index contributed by atoms with van der Waals surface area (Å²) in [5.74, 6) is 0.0310. The van der Waals surface area contributed by atoms with Crippen LogP contribution >= 0.6 is 0 Å². The van der Waals surface area contributed by atoms with E-state index in [9.17, 15) is 9.50 Å². The maximum atomic E-state index is 13.8. The molecule has 1 saturated carbocycles. The number of ether oxygens (including phenoxy) is 1. The van der Waals surface area contributed by atoms with Crippen LogP contribution in [-0.4, -0.2) is 35.2 Å². The second-order valence-electron chi connectivity index (χ2n) is 6.57. The highest BCUT2D eigenvalue weighted by Crippen LogP contribution is 2.37. The molecule has 0 aromatic heterocycles. The third-order valence-corrected chi connectivity index (χ3v) is 5.04. The molecule has 2 aliphatic rings. The van der Waals surface area contributed by atoms with E-state index in [0.717, 1.165) is 13.0 Å². The fourth-order valence-electron chi connectivity index (χ4n) is 3.96. The SMILES string of the molecule is CCCN(C1CCCCC1)C1COc2c(F)ccc(O)c2C1. The summed E-state index contributed by atoms with van der Waals surface area (Å²) < 4.78 is 19.5. The molecule has 4 heteroatoms. The lowest BCUT2D eigenvalue weighted by Crippen LogP contribution is -2.49. The highest BCUT2D eigenvalue weighted by molar-refractivity contribution is 5.46. The molecule has 1 unspecified atom stereocenters. The Bertz CT molecular complexity index is 514. The van der Waals surface area contributed by atoms with Crippen LogP contribution in [-0.2, 0) is 6.42 Å². The zero-order chi connectivity index (χ0) is 15.5. The Morgan fingerprint density at radius 1 is 1.23 bits per heavy atom. The number of hydrogen-bond acceptors (Lipinski definition) is 3. The molecular formula is C18H26FNO2. The van der Waals surface area contributed by atoms with Gasteiger partial charge in [0.2, 0.25) is 0 Å². The zero-order valence-electron chi connectivity index (χ0n) is 13.4. The second-order valence-corrected chi connectivity index (χ2v) is 6.57. The molecular weight excluding hydrogens is 281 g/mol. The van der Waals surface area contributed by atoms with Gasteiger partial charge in [0.05, 0.1) is 0 Å². The second kappa shape index (κ2) is 6.86. The molecule has 1 aromatic carbocycles. The van der Waals surface area contributed by atoms with Crippen LogP contribution in [0.15, 0.2) is 12.1 Å². The maximum absolute atomic E-state index is 13.8. The first-order valence-electron chi connectivity index (χ1n) is 8.59. The van der Waals surface area contributed by atoms with Crippen molar-refractivity contribution in [1.29, 1.82) is 0 Å². The van der Waals surface area contributed by atoms with Crippen LogP contribution in [0.3, 0.4) is 0 Å². The predicted molar refractivity (Wildman–Crippen MR) is 84.9 cm³/mol. The van der Waals surface area contributed by atoms with E-state index in [0.29, 0.717) is 24.6 Å². The van der Waals surface area contributed by atoms with Gasteiger partial charge in [0.15, 0.2) is 11.6 Å². The molecule has 1 fully saturated rings. The van der Waals surface area contributed by atoms with Crippen molar-refractivity contribution < 1.29 is 14.2 Å². The van der Waals surface area contributed by atoms with Crippen LogP contribution in [0.25, 0.3) is 0 Å². The van der Waals surface area contributed by atoms with Gasteiger partial charge >= 0.3 is 0 Å². The van der Waals surface area contributed by atoms with Crippen molar-refractivity contribution in [2.24, 2.45) is 0 Å². The number of phenols is 1. The predicted octanol–water partition coefficient (Wildman–Crippen LogP) is 3.88. The number of benzene rings is 1. The average Bonchev–Trinajstić information content (AvgIpc) is 2.57. The quantitative estimate of drug-likeness (QED) is 0.916. The number of nitrogens with zero attached hydrogens (tertiary/aromatic N) is 1. The van der Waals surface area contributed by atoms with Crippen molar-refractivity contribution >= 4 is 0 Å². The van der Waals surface area contributed by atoms with Gasteiger partial charge in [-0.2, -0.15) is 0 Å². The molecule has 0 bridgehead atoms. The topological polar surface area (TPSA) is 32.7 Å². The van der Waals surface area contributed by atoms with E-state index in [1.165, 1.54) is 44.2 Å². The van der Waals surface area contributed by atoms with E-state index in [2.05, 4.69) is 11.8 Å². The first kappa shape index (κ1) is 15.6. The smallest absolute Gasteiger partial charge is 0.165 e. The summed E-state index contributed by atoms with van der Waals surface area (Å²) in [5.41, 5.74) is 0.633. The van der Waals surface area contributed by atoms with E-state index < -0.39 is 0 Å². The molecule has 0 saturated heterocycles. The molecule has 1 heterocycles. The Morgan fingerprint density at radius 2 is 2.00 bits per heavy atom. The summed E-state index contributed by atoms with van der Waals surface area (Å²) in [7, 11) is 0. The third kappa shape index (κ3) is 3.07. The minimum absolute atomic E-state index is 0.154. The van der Waals surface area contributed by atoms with E-state index in [1.54, 1.807) is 0 Å². The molecule has 3 nitrogen and oxygen atoms in total. The minimum Gasteiger partial charge on any atom is -0.508 e. The highest BCUT2D eigenvalue weighted by Gasteiger charge is 2.32. The maximum Gasteiger partial charge on any atom is 0.165 e. The Balaban J connectivity index is 1.80. The van der Waals surface area contributed by atoms with Gasteiger partial charge in [-0.1, -0.05) is 26.2 Å². The fourth-order valence-corrected chi connectivity index (χ4v) is 3.96. The van der Waals surface area contributed by atoms with Crippen LogP contribution in [0, 0.1) is 5.82 Å². The molecule has 1 atom stereocenters. The van der Waals surface area contributed by atoms with Crippen molar-refractivity contribution in [1.82, 2.24) is 4.90 Å². The van der Waals surface area contributed by atoms with Crippen LogP contribution in [0.2, 0.25) is 0 Å². The van der Waals surface area contributed by atoms with Crippen molar-refractivity contribution in [3.05, 3.63) is 23.5 Å². The lowest BCUT2D eigenvalue weighted by atomic mass is 9.91. The molecule has 0 spiro atoms. The van der Waals surface area contributed by atoms with Gasteiger partial charge in [0, 0.05) is 17.6 Å². The molecule has 1 aromatic rings. The molecule has 0 amide bonds. The summed E-state index contributed by atoms with van der Waals surface area (Å²) in [6.07, 6.45) is 8.22. The Kier molecular flexibility index (Phi) is 4.87. The number of aromatic hydroxyl groups is 1. The molecule has 1 aliphatic heterocycles. The van der Waals surface area contributed by atoms with E-state index in [4.69, 9.17) is 4.74 Å². The Hall–Kier alpha value is -1.29. The van der Waals surface area contributed by atoms with Gasteiger partial charge in [0.1, 0.15) is 12.4 Å². The average molecular weight is 307 g/mol. The monoisotopic (exact) mass is 307 g/mol. The molecule has 1 aliphatic carbocycles. The van der Waals surface area contributed by atoms with E-state index in [1.807, 2.05) is 0 Å². The van der Waals surface area contributed by atoms with Crippen molar-refractivity contribution in [2.45, 2.75) is 64.0 Å². The lowest BCUT2D eigenvalue weighted by Gasteiger charge is -2.41.